The Bertz CT molecular complexity index is 542. The molecule has 2 aromatic heterocycles. The van der Waals surface area contributed by atoms with Gasteiger partial charge < -0.3 is 5.73 Å². The Balaban J connectivity index is 2.02. The fourth-order valence-corrected chi connectivity index (χ4v) is 1.90. The molecule has 84 valence electrons. The van der Waals surface area contributed by atoms with Crippen LogP contribution in [-0.4, -0.2) is 25.7 Å². The van der Waals surface area contributed by atoms with Gasteiger partial charge in [0.15, 0.2) is 5.65 Å². The molecule has 0 bridgehead atoms. The van der Waals surface area contributed by atoms with Crippen LogP contribution in [0.15, 0.2) is 12.4 Å². The monoisotopic (exact) mass is 225 g/mol. The molecule has 0 amide bonds. The summed E-state index contributed by atoms with van der Waals surface area (Å²) < 4.78 is 27.0. The van der Waals surface area contributed by atoms with Crippen molar-refractivity contribution in [2.75, 3.05) is 5.73 Å². The van der Waals surface area contributed by atoms with Crippen molar-refractivity contribution in [2.45, 2.75) is 24.8 Å². The van der Waals surface area contributed by atoms with E-state index in [2.05, 4.69) is 15.1 Å². The van der Waals surface area contributed by atoms with Gasteiger partial charge in [0.05, 0.1) is 18.4 Å². The maximum absolute atomic E-state index is 12.8. The van der Waals surface area contributed by atoms with E-state index in [0.29, 0.717) is 11.2 Å². The predicted molar refractivity (Wildman–Crippen MR) is 53.0 cm³/mol. The number of alkyl halides is 2. The highest BCUT2D eigenvalue weighted by atomic mass is 19.3. The van der Waals surface area contributed by atoms with E-state index in [1.165, 1.54) is 17.1 Å². The Hall–Kier alpha value is -1.79. The molecule has 5 nitrogen and oxygen atoms in total. The van der Waals surface area contributed by atoms with Crippen LogP contribution in [0.4, 0.5) is 14.6 Å². The second-order valence-electron chi connectivity index (χ2n) is 4.01. The molecule has 1 aliphatic carbocycles. The van der Waals surface area contributed by atoms with E-state index in [1.807, 2.05) is 0 Å². The lowest BCUT2D eigenvalue weighted by molar-refractivity contribution is -0.106. The van der Waals surface area contributed by atoms with Crippen molar-refractivity contribution < 1.29 is 8.78 Å². The lowest BCUT2D eigenvalue weighted by atomic mass is 9.88. The van der Waals surface area contributed by atoms with Crippen molar-refractivity contribution in [3.63, 3.8) is 0 Å². The van der Waals surface area contributed by atoms with Crippen molar-refractivity contribution in [3.05, 3.63) is 12.4 Å². The van der Waals surface area contributed by atoms with E-state index in [-0.39, 0.29) is 24.7 Å². The van der Waals surface area contributed by atoms with Gasteiger partial charge in [-0.15, -0.1) is 0 Å². The zero-order valence-electron chi connectivity index (χ0n) is 8.27. The van der Waals surface area contributed by atoms with Gasteiger partial charge in [0, 0.05) is 12.8 Å². The summed E-state index contributed by atoms with van der Waals surface area (Å²) in [5, 5.41) is 4.03. The number of fused-ring (bicyclic) bond motifs is 1. The molecule has 1 saturated carbocycles. The number of nitrogens with two attached hydrogens (primary N) is 1. The van der Waals surface area contributed by atoms with E-state index < -0.39 is 5.92 Å². The smallest absolute Gasteiger partial charge is 0.252 e. The number of halogens is 2. The van der Waals surface area contributed by atoms with Crippen molar-refractivity contribution in [3.8, 4) is 0 Å². The summed E-state index contributed by atoms with van der Waals surface area (Å²) in [6.07, 6.45) is 2.54. The Morgan fingerprint density at radius 1 is 1.38 bits per heavy atom. The molecule has 0 radical (unpaired) electrons. The number of hydrogen-bond acceptors (Lipinski definition) is 4. The van der Waals surface area contributed by atoms with Crippen LogP contribution < -0.4 is 5.73 Å². The number of rotatable bonds is 1. The first kappa shape index (κ1) is 9.44. The average Bonchev–Trinajstić information content (AvgIpc) is 2.56. The molecule has 0 aliphatic heterocycles. The van der Waals surface area contributed by atoms with Crippen LogP contribution in [0.25, 0.3) is 11.2 Å². The van der Waals surface area contributed by atoms with E-state index >= 15 is 0 Å². The van der Waals surface area contributed by atoms with Crippen molar-refractivity contribution in [1.29, 1.82) is 0 Å². The molecule has 0 aromatic carbocycles. The summed E-state index contributed by atoms with van der Waals surface area (Å²) in [4.78, 5) is 8.08. The number of nitrogens with zero attached hydrogens (tertiary/aromatic N) is 4. The summed E-state index contributed by atoms with van der Waals surface area (Å²) in [7, 11) is 0. The zero-order valence-corrected chi connectivity index (χ0v) is 8.27. The first-order valence-electron chi connectivity index (χ1n) is 4.89. The van der Waals surface area contributed by atoms with E-state index in [1.54, 1.807) is 0 Å². The van der Waals surface area contributed by atoms with Crippen LogP contribution in [-0.2, 0) is 0 Å². The van der Waals surface area contributed by atoms with Crippen molar-refractivity contribution >= 4 is 17.0 Å². The van der Waals surface area contributed by atoms with E-state index in [9.17, 15) is 8.78 Å². The molecule has 0 unspecified atom stereocenters. The van der Waals surface area contributed by atoms with Crippen molar-refractivity contribution in [2.24, 2.45) is 0 Å². The molecular weight excluding hydrogens is 216 g/mol. The fraction of sp³-hybridized carbons (Fsp3) is 0.444. The van der Waals surface area contributed by atoms with Gasteiger partial charge in [0.2, 0.25) is 0 Å². The minimum absolute atomic E-state index is 0.194. The van der Waals surface area contributed by atoms with Crippen molar-refractivity contribution in [1.82, 2.24) is 19.7 Å². The molecule has 7 heteroatoms. The lowest BCUT2D eigenvalue weighted by Crippen LogP contribution is -2.37. The molecule has 2 heterocycles. The van der Waals surface area contributed by atoms with Gasteiger partial charge in [0.1, 0.15) is 11.3 Å². The highest BCUT2D eigenvalue weighted by Crippen LogP contribution is 2.45. The molecule has 16 heavy (non-hydrogen) atoms. The van der Waals surface area contributed by atoms with Crippen LogP contribution in [0, 0.1) is 0 Å². The lowest BCUT2D eigenvalue weighted by Gasteiger charge is -2.34. The largest absolute Gasteiger partial charge is 0.382 e. The molecular formula is C9H9F2N5. The van der Waals surface area contributed by atoms with Gasteiger partial charge in [-0.25, -0.2) is 23.4 Å². The Kier molecular flexibility index (Phi) is 1.69. The average molecular weight is 225 g/mol. The van der Waals surface area contributed by atoms with Gasteiger partial charge in [-0.3, -0.25) is 0 Å². The summed E-state index contributed by atoms with van der Waals surface area (Å²) >= 11 is 0. The predicted octanol–water partition coefficient (Wildman–Crippen LogP) is 1.38. The number of aromatic nitrogens is 4. The third-order valence-electron chi connectivity index (χ3n) is 2.74. The normalized spacial score (nSPS) is 19.9. The third-order valence-corrected chi connectivity index (χ3v) is 2.74. The summed E-state index contributed by atoms with van der Waals surface area (Å²) in [6, 6.07) is -0.302. The standard InChI is InChI=1S/C9H9F2N5/c10-9(11)1-5(2-9)16-8-6(3-14-16)13-4-7(12)15-8/h3-5H,1-2H2,(H2,12,15). The van der Waals surface area contributed by atoms with Gasteiger partial charge in [0.25, 0.3) is 5.92 Å². The van der Waals surface area contributed by atoms with Gasteiger partial charge in [-0.1, -0.05) is 0 Å². The summed E-state index contributed by atoms with van der Waals surface area (Å²) in [5.41, 5.74) is 6.55. The SMILES string of the molecule is Nc1cnc2cnn(C3CC(F)(F)C3)c2n1. The summed E-state index contributed by atoms with van der Waals surface area (Å²) in [6.45, 7) is 0. The maximum atomic E-state index is 12.8. The Labute approximate surface area is 89.3 Å². The third kappa shape index (κ3) is 1.31. The van der Waals surface area contributed by atoms with Crippen LogP contribution >= 0.6 is 0 Å². The van der Waals surface area contributed by atoms with E-state index in [0.717, 1.165) is 0 Å². The molecule has 2 aromatic rings. The zero-order chi connectivity index (χ0) is 11.3. The van der Waals surface area contributed by atoms with Crippen LogP contribution in [0.5, 0.6) is 0 Å². The minimum Gasteiger partial charge on any atom is -0.382 e. The van der Waals surface area contributed by atoms with Gasteiger partial charge in [-0.05, 0) is 0 Å². The minimum atomic E-state index is -2.57. The number of hydrogen-bond donors (Lipinski definition) is 1. The molecule has 1 aliphatic rings. The molecule has 2 N–H and O–H groups in total. The molecule has 0 spiro atoms. The first-order valence-corrected chi connectivity index (χ1v) is 4.89. The topological polar surface area (TPSA) is 69.6 Å². The number of anilines is 1. The highest BCUT2D eigenvalue weighted by Gasteiger charge is 2.47. The second-order valence-corrected chi connectivity index (χ2v) is 4.01. The van der Waals surface area contributed by atoms with Crippen LogP contribution in [0.3, 0.4) is 0 Å². The maximum Gasteiger partial charge on any atom is 0.252 e. The van der Waals surface area contributed by atoms with Gasteiger partial charge in [-0.2, -0.15) is 5.10 Å². The molecule has 0 atom stereocenters. The summed E-state index contributed by atoms with van der Waals surface area (Å²) in [5.74, 6) is -2.31. The second kappa shape index (κ2) is 2.87. The van der Waals surface area contributed by atoms with E-state index in [4.69, 9.17) is 5.73 Å². The Morgan fingerprint density at radius 2 is 2.12 bits per heavy atom. The number of nitrogen functional groups attached to an aromatic ring is 1. The quantitative estimate of drug-likeness (QED) is 0.795. The van der Waals surface area contributed by atoms with Gasteiger partial charge >= 0.3 is 0 Å². The fourth-order valence-electron chi connectivity index (χ4n) is 1.90. The van der Waals surface area contributed by atoms with Crippen LogP contribution in [0.2, 0.25) is 0 Å². The molecule has 0 saturated heterocycles. The van der Waals surface area contributed by atoms with Crippen LogP contribution in [0.1, 0.15) is 18.9 Å². The highest BCUT2D eigenvalue weighted by molar-refractivity contribution is 5.70. The Morgan fingerprint density at radius 3 is 2.81 bits per heavy atom. The molecule has 1 fully saturated rings. The first-order chi connectivity index (χ1) is 7.55. The molecule has 3 rings (SSSR count).